The Kier molecular flexibility index (Phi) is 6.23. The summed E-state index contributed by atoms with van der Waals surface area (Å²) in [6.45, 7) is 1.58. The van der Waals surface area contributed by atoms with Gasteiger partial charge in [-0.05, 0) is 37.3 Å². The maximum absolute atomic E-state index is 12.2. The molecule has 2 aromatic carbocycles. The predicted octanol–water partition coefficient (Wildman–Crippen LogP) is 3.66. The summed E-state index contributed by atoms with van der Waals surface area (Å²) in [5.74, 6) is -0.396. The topological polar surface area (TPSA) is 72.5 Å². The van der Waals surface area contributed by atoms with Crippen LogP contribution in [0.15, 0.2) is 53.4 Å². The Bertz CT molecular complexity index is 805. The fraction of sp³-hybridized carbons (Fsp3) is 0.188. The van der Waals surface area contributed by atoms with Gasteiger partial charge in [0.2, 0.25) is 10.0 Å². The molecule has 5 nitrogen and oxygen atoms in total. The second-order valence-corrected chi connectivity index (χ2v) is 7.71. The number of sulfonamides is 1. The maximum Gasteiger partial charge on any atom is 0.312 e. The molecule has 24 heavy (non-hydrogen) atoms. The number of ether oxygens (including phenoxy) is 1. The molecular formula is C16H15Cl2NO4S. The molecule has 0 heterocycles. The molecule has 0 bridgehead atoms. The quantitative estimate of drug-likeness (QED) is 0.606. The van der Waals surface area contributed by atoms with Gasteiger partial charge in [0.1, 0.15) is 5.75 Å². The summed E-state index contributed by atoms with van der Waals surface area (Å²) in [7, 11) is -3.69. The van der Waals surface area contributed by atoms with Gasteiger partial charge in [0.15, 0.2) is 0 Å². The molecule has 0 fully saturated rings. The van der Waals surface area contributed by atoms with Gasteiger partial charge in [-0.1, -0.05) is 41.4 Å². The third-order valence-electron chi connectivity index (χ3n) is 2.95. The zero-order valence-corrected chi connectivity index (χ0v) is 15.0. The maximum atomic E-state index is 12.2. The summed E-state index contributed by atoms with van der Waals surface area (Å²) in [5, 5.41) is 0.672. The highest BCUT2D eigenvalue weighted by Crippen LogP contribution is 2.24. The van der Waals surface area contributed by atoms with Crippen LogP contribution in [-0.4, -0.2) is 20.4 Å². The third kappa shape index (κ3) is 5.49. The molecule has 128 valence electrons. The van der Waals surface area contributed by atoms with Crippen molar-refractivity contribution in [3.05, 3.63) is 58.6 Å². The lowest BCUT2D eigenvalue weighted by Crippen LogP contribution is -2.35. The summed E-state index contributed by atoms with van der Waals surface area (Å²) < 4.78 is 31.9. The van der Waals surface area contributed by atoms with Crippen LogP contribution in [0.1, 0.15) is 13.3 Å². The molecule has 1 atom stereocenters. The lowest BCUT2D eigenvalue weighted by Gasteiger charge is -2.14. The zero-order valence-electron chi connectivity index (χ0n) is 12.7. The number of halogens is 2. The van der Waals surface area contributed by atoms with Gasteiger partial charge in [0, 0.05) is 16.1 Å². The van der Waals surface area contributed by atoms with Gasteiger partial charge in [-0.3, -0.25) is 4.79 Å². The number of hydrogen-bond donors (Lipinski definition) is 1. The number of hydrogen-bond acceptors (Lipinski definition) is 4. The minimum absolute atomic E-state index is 0.131. The van der Waals surface area contributed by atoms with Crippen LogP contribution in [0.25, 0.3) is 0 Å². The Balaban J connectivity index is 1.96. The standard InChI is InChI=1S/C16H15Cl2NO4S/c1-11(19-24(21,22)15-5-3-2-4-6-15)7-16(20)23-14-9-12(17)8-13(18)10-14/h2-6,8-11,19H,7H2,1H3. The highest BCUT2D eigenvalue weighted by atomic mass is 35.5. The van der Waals surface area contributed by atoms with Gasteiger partial charge < -0.3 is 4.74 Å². The highest BCUT2D eigenvalue weighted by molar-refractivity contribution is 7.89. The minimum atomic E-state index is -3.69. The molecule has 0 aliphatic heterocycles. The van der Waals surface area contributed by atoms with Gasteiger partial charge in [0.25, 0.3) is 0 Å². The number of carbonyl (C=O) groups is 1. The van der Waals surface area contributed by atoms with Crippen molar-refractivity contribution in [3.8, 4) is 5.75 Å². The van der Waals surface area contributed by atoms with Crippen molar-refractivity contribution >= 4 is 39.2 Å². The first-order chi connectivity index (χ1) is 11.3. The Morgan fingerprint density at radius 1 is 1.12 bits per heavy atom. The Morgan fingerprint density at radius 2 is 1.71 bits per heavy atom. The minimum Gasteiger partial charge on any atom is -0.426 e. The molecule has 0 aromatic heterocycles. The first kappa shape index (κ1) is 18.7. The molecule has 0 aliphatic carbocycles. The van der Waals surface area contributed by atoms with E-state index >= 15 is 0 Å². The second-order valence-electron chi connectivity index (χ2n) is 5.12. The number of nitrogens with one attached hydrogen (secondary N) is 1. The van der Waals surface area contributed by atoms with Crippen LogP contribution in [0, 0.1) is 0 Å². The number of rotatable bonds is 6. The van der Waals surface area contributed by atoms with E-state index in [0.29, 0.717) is 10.0 Å². The van der Waals surface area contributed by atoms with Crippen LogP contribution in [0.4, 0.5) is 0 Å². The summed E-state index contributed by atoms with van der Waals surface area (Å²) in [6.07, 6.45) is -0.143. The van der Waals surface area contributed by atoms with Crippen LogP contribution in [0.2, 0.25) is 10.0 Å². The molecule has 0 radical (unpaired) electrons. The van der Waals surface area contributed by atoms with Crippen molar-refractivity contribution < 1.29 is 17.9 Å². The predicted molar refractivity (Wildman–Crippen MR) is 92.9 cm³/mol. The van der Waals surface area contributed by atoms with E-state index in [4.69, 9.17) is 27.9 Å². The van der Waals surface area contributed by atoms with E-state index < -0.39 is 22.0 Å². The highest BCUT2D eigenvalue weighted by Gasteiger charge is 2.20. The molecule has 0 spiro atoms. The average molecular weight is 388 g/mol. The van der Waals surface area contributed by atoms with Crippen molar-refractivity contribution in [1.82, 2.24) is 4.72 Å². The van der Waals surface area contributed by atoms with E-state index in [9.17, 15) is 13.2 Å². The van der Waals surface area contributed by atoms with Crippen molar-refractivity contribution in [3.63, 3.8) is 0 Å². The van der Waals surface area contributed by atoms with Crippen molar-refractivity contribution in [2.45, 2.75) is 24.3 Å². The molecule has 1 unspecified atom stereocenters. The Morgan fingerprint density at radius 3 is 2.29 bits per heavy atom. The zero-order chi connectivity index (χ0) is 17.7. The molecule has 2 rings (SSSR count). The lowest BCUT2D eigenvalue weighted by atomic mass is 10.2. The van der Waals surface area contributed by atoms with E-state index in [0.717, 1.165) is 0 Å². The van der Waals surface area contributed by atoms with E-state index in [1.807, 2.05) is 0 Å². The number of carbonyl (C=O) groups excluding carboxylic acids is 1. The Labute approximate surface area is 150 Å². The smallest absolute Gasteiger partial charge is 0.312 e. The molecule has 2 aromatic rings. The largest absolute Gasteiger partial charge is 0.426 e. The van der Waals surface area contributed by atoms with E-state index in [1.54, 1.807) is 25.1 Å². The SMILES string of the molecule is CC(CC(=O)Oc1cc(Cl)cc(Cl)c1)NS(=O)(=O)c1ccccc1. The second kappa shape index (κ2) is 7.98. The van der Waals surface area contributed by atoms with Crippen LogP contribution in [0.3, 0.4) is 0 Å². The van der Waals surface area contributed by atoms with Gasteiger partial charge in [-0.15, -0.1) is 0 Å². The van der Waals surface area contributed by atoms with E-state index in [-0.39, 0.29) is 17.1 Å². The van der Waals surface area contributed by atoms with Crippen LogP contribution < -0.4 is 9.46 Å². The van der Waals surface area contributed by atoms with Crippen LogP contribution in [0.5, 0.6) is 5.75 Å². The van der Waals surface area contributed by atoms with Gasteiger partial charge >= 0.3 is 5.97 Å². The lowest BCUT2D eigenvalue weighted by molar-refractivity contribution is -0.134. The summed E-state index contributed by atoms with van der Waals surface area (Å²) in [5.41, 5.74) is 0. The summed E-state index contributed by atoms with van der Waals surface area (Å²) >= 11 is 11.7. The van der Waals surface area contributed by atoms with Crippen LogP contribution in [-0.2, 0) is 14.8 Å². The van der Waals surface area contributed by atoms with E-state index in [1.165, 1.54) is 30.3 Å². The van der Waals surface area contributed by atoms with E-state index in [2.05, 4.69) is 4.72 Å². The number of benzene rings is 2. The third-order valence-corrected chi connectivity index (χ3v) is 4.99. The monoisotopic (exact) mass is 387 g/mol. The van der Waals surface area contributed by atoms with Crippen LogP contribution >= 0.6 is 23.2 Å². The molecule has 0 aliphatic rings. The molecule has 0 saturated carbocycles. The van der Waals surface area contributed by atoms with Gasteiger partial charge in [0.05, 0.1) is 11.3 Å². The first-order valence-corrected chi connectivity index (χ1v) is 9.24. The van der Waals surface area contributed by atoms with Crippen molar-refractivity contribution in [2.24, 2.45) is 0 Å². The summed E-state index contributed by atoms with van der Waals surface area (Å²) in [4.78, 5) is 12.1. The fourth-order valence-electron chi connectivity index (χ4n) is 1.98. The first-order valence-electron chi connectivity index (χ1n) is 7.00. The average Bonchev–Trinajstić information content (AvgIpc) is 2.46. The fourth-order valence-corrected chi connectivity index (χ4v) is 3.76. The van der Waals surface area contributed by atoms with Gasteiger partial charge in [-0.25, -0.2) is 13.1 Å². The molecule has 0 amide bonds. The normalized spacial score (nSPS) is 12.6. The Hall–Kier alpha value is -1.60. The number of esters is 1. The molecule has 8 heteroatoms. The molecule has 1 N–H and O–H groups in total. The van der Waals surface area contributed by atoms with Crippen molar-refractivity contribution in [2.75, 3.05) is 0 Å². The molecule has 0 saturated heterocycles. The molecular weight excluding hydrogens is 373 g/mol. The summed E-state index contributed by atoms with van der Waals surface area (Å²) in [6, 6.07) is 11.7. The van der Waals surface area contributed by atoms with Gasteiger partial charge in [-0.2, -0.15) is 0 Å². The van der Waals surface area contributed by atoms with Crippen molar-refractivity contribution in [1.29, 1.82) is 0 Å².